The Morgan fingerprint density at radius 3 is 2.21 bits per heavy atom. The molecule has 0 unspecified atom stereocenters. The molecule has 1 amide bonds. The van der Waals surface area contributed by atoms with E-state index in [1.165, 1.54) is 13.2 Å². The number of carbonyl (C=O) groups is 1. The number of hydrogen-bond acceptors (Lipinski definition) is 7. The van der Waals surface area contributed by atoms with Crippen LogP contribution in [-0.4, -0.2) is 33.5 Å². The minimum absolute atomic E-state index is 0.0323. The third-order valence-electron chi connectivity index (χ3n) is 5.01. The number of nitrogens with two attached hydrogens (primary N) is 1. The van der Waals surface area contributed by atoms with Gasteiger partial charge in [-0.05, 0) is 36.4 Å². The summed E-state index contributed by atoms with van der Waals surface area (Å²) in [5.74, 6) is 0.270. The number of hydrogen-bond donors (Lipinski definition) is 2. The van der Waals surface area contributed by atoms with Crippen LogP contribution in [-0.2, 0) is 10.0 Å². The fourth-order valence-corrected chi connectivity index (χ4v) is 4.98. The minimum Gasteiger partial charge on any atom is -0.497 e. The highest BCUT2D eigenvalue weighted by atomic mass is 32.2. The molecular formula is C24H21N3O5S2. The third kappa shape index (κ3) is 4.79. The van der Waals surface area contributed by atoms with Crippen molar-refractivity contribution in [3.8, 4) is 33.3 Å². The van der Waals surface area contributed by atoms with Crippen molar-refractivity contribution in [2.24, 2.45) is 5.14 Å². The molecule has 8 nitrogen and oxygen atoms in total. The topological polar surface area (TPSA) is 121 Å². The maximum Gasteiger partial charge on any atom is 0.274 e. The number of amides is 1. The van der Waals surface area contributed by atoms with Gasteiger partial charge in [-0.3, -0.25) is 4.79 Å². The van der Waals surface area contributed by atoms with Gasteiger partial charge in [-0.1, -0.05) is 47.7 Å². The van der Waals surface area contributed by atoms with Gasteiger partial charge in [-0.2, -0.15) is 0 Å². The second-order valence-electron chi connectivity index (χ2n) is 7.13. The number of rotatable bonds is 7. The van der Waals surface area contributed by atoms with Crippen molar-refractivity contribution in [2.45, 2.75) is 4.90 Å². The smallest absolute Gasteiger partial charge is 0.274 e. The number of ether oxygens (including phenoxy) is 2. The van der Waals surface area contributed by atoms with Crippen LogP contribution in [0.5, 0.6) is 10.9 Å². The van der Waals surface area contributed by atoms with E-state index in [1.54, 1.807) is 73.8 Å². The number of nitrogens with one attached hydrogen (secondary N) is 1. The third-order valence-corrected chi connectivity index (χ3v) is 7.00. The number of anilines is 1. The molecule has 1 aromatic heterocycles. The summed E-state index contributed by atoms with van der Waals surface area (Å²) in [5, 5.41) is 8.64. The van der Waals surface area contributed by atoms with E-state index in [4.69, 9.17) is 14.6 Å². The molecule has 34 heavy (non-hydrogen) atoms. The largest absolute Gasteiger partial charge is 0.497 e. The molecule has 0 bridgehead atoms. The van der Waals surface area contributed by atoms with Crippen LogP contribution in [0.15, 0.2) is 77.7 Å². The molecule has 174 valence electrons. The highest BCUT2D eigenvalue weighted by Gasteiger charge is 2.22. The summed E-state index contributed by atoms with van der Waals surface area (Å²) in [6, 6.07) is 20.5. The highest BCUT2D eigenvalue weighted by molar-refractivity contribution is 7.89. The summed E-state index contributed by atoms with van der Waals surface area (Å²) < 4.78 is 34.7. The van der Waals surface area contributed by atoms with E-state index in [9.17, 15) is 13.2 Å². The fraction of sp³-hybridized carbons (Fsp3) is 0.0833. The molecule has 0 aliphatic heterocycles. The first kappa shape index (κ1) is 23.4. The summed E-state index contributed by atoms with van der Waals surface area (Å²) in [6.45, 7) is 0. The minimum atomic E-state index is -3.98. The van der Waals surface area contributed by atoms with Crippen LogP contribution in [0.1, 0.15) is 9.67 Å². The van der Waals surface area contributed by atoms with E-state index in [1.807, 2.05) is 0 Å². The van der Waals surface area contributed by atoms with Crippen LogP contribution in [0.2, 0.25) is 0 Å². The number of benzene rings is 3. The molecule has 4 aromatic rings. The Bertz CT molecular complexity index is 1450. The predicted octanol–water partition coefficient (Wildman–Crippen LogP) is 4.39. The van der Waals surface area contributed by atoms with Gasteiger partial charge in [0.15, 0.2) is 0 Å². The number of nitrogens with zero attached hydrogens (tertiary/aromatic N) is 1. The lowest BCUT2D eigenvalue weighted by atomic mass is 10.0. The van der Waals surface area contributed by atoms with Crippen molar-refractivity contribution in [3.05, 3.63) is 77.7 Å². The molecule has 0 saturated heterocycles. The van der Waals surface area contributed by atoms with Crippen molar-refractivity contribution >= 4 is 33.0 Å². The normalized spacial score (nSPS) is 11.1. The predicted molar refractivity (Wildman–Crippen MR) is 132 cm³/mol. The lowest BCUT2D eigenvalue weighted by molar-refractivity contribution is 0.103. The van der Waals surface area contributed by atoms with Gasteiger partial charge in [0.2, 0.25) is 10.0 Å². The van der Waals surface area contributed by atoms with Crippen LogP contribution in [0.3, 0.4) is 0 Å². The molecule has 1 heterocycles. The number of sulfonamides is 1. The first-order valence-corrected chi connectivity index (χ1v) is 12.4. The zero-order valence-electron chi connectivity index (χ0n) is 18.3. The van der Waals surface area contributed by atoms with E-state index >= 15 is 0 Å². The molecule has 0 fully saturated rings. The van der Waals surface area contributed by atoms with Crippen LogP contribution in [0, 0.1) is 0 Å². The Hall–Kier alpha value is -3.73. The molecule has 3 aromatic carbocycles. The van der Waals surface area contributed by atoms with Crippen molar-refractivity contribution < 1.29 is 22.7 Å². The molecule has 0 atom stereocenters. The number of methoxy groups -OCH3 is 2. The maximum absolute atomic E-state index is 13.4. The van der Waals surface area contributed by atoms with Gasteiger partial charge >= 0.3 is 0 Å². The second-order valence-corrected chi connectivity index (χ2v) is 9.62. The average Bonchev–Trinajstić information content (AvgIpc) is 3.29. The molecule has 10 heteroatoms. The van der Waals surface area contributed by atoms with E-state index in [0.29, 0.717) is 38.3 Å². The van der Waals surface area contributed by atoms with Crippen molar-refractivity contribution in [3.63, 3.8) is 0 Å². The SMILES string of the molecule is COc1ccc(-c2nc(OC)sc2C(=O)Nc2ccccc2-c2ccccc2S(N)(=O)=O)cc1. The Morgan fingerprint density at radius 1 is 0.912 bits per heavy atom. The first-order chi connectivity index (χ1) is 16.3. The molecule has 0 aliphatic carbocycles. The van der Waals surface area contributed by atoms with Crippen LogP contribution in [0.4, 0.5) is 5.69 Å². The van der Waals surface area contributed by atoms with Gasteiger partial charge < -0.3 is 14.8 Å². The molecule has 0 aliphatic rings. The van der Waals surface area contributed by atoms with Crippen molar-refractivity contribution in [1.29, 1.82) is 0 Å². The van der Waals surface area contributed by atoms with Crippen LogP contribution >= 0.6 is 11.3 Å². The number of aromatic nitrogens is 1. The molecule has 0 spiro atoms. The molecule has 0 radical (unpaired) electrons. The zero-order chi connectivity index (χ0) is 24.3. The van der Waals surface area contributed by atoms with E-state index in [0.717, 1.165) is 16.9 Å². The van der Waals surface area contributed by atoms with Gasteiger partial charge in [-0.25, -0.2) is 18.5 Å². The van der Waals surface area contributed by atoms with Gasteiger partial charge in [0.05, 0.1) is 24.8 Å². The standard InChI is InChI=1S/C24H21N3O5S2/c1-31-16-13-11-15(12-14-16)21-22(33-24(27-21)32-2)23(28)26-19-9-5-3-7-17(19)18-8-4-6-10-20(18)34(25,29)30/h3-14H,1-2H3,(H,26,28)(H2,25,29,30). The molecule has 4 rings (SSSR count). The maximum atomic E-state index is 13.4. The summed E-state index contributed by atoms with van der Waals surface area (Å²) in [6.07, 6.45) is 0. The van der Waals surface area contributed by atoms with Gasteiger partial charge in [-0.15, -0.1) is 0 Å². The van der Waals surface area contributed by atoms with Crippen LogP contribution < -0.4 is 19.9 Å². The average molecular weight is 496 g/mol. The summed E-state index contributed by atoms with van der Waals surface area (Å²) in [4.78, 5) is 18.1. The number of carbonyl (C=O) groups excluding carboxylic acids is 1. The van der Waals surface area contributed by atoms with Crippen molar-refractivity contribution in [2.75, 3.05) is 19.5 Å². The van der Waals surface area contributed by atoms with E-state index in [2.05, 4.69) is 10.3 Å². The summed E-state index contributed by atoms with van der Waals surface area (Å²) in [7, 11) is -0.916. The van der Waals surface area contributed by atoms with Crippen molar-refractivity contribution in [1.82, 2.24) is 4.98 Å². The van der Waals surface area contributed by atoms with Gasteiger partial charge in [0, 0.05) is 22.4 Å². The van der Waals surface area contributed by atoms with Crippen LogP contribution in [0.25, 0.3) is 22.4 Å². The summed E-state index contributed by atoms with van der Waals surface area (Å²) >= 11 is 1.11. The van der Waals surface area contributed by atoms with E-state index < -0.39 is 15.9 Å². The highest BCUT2D eigenvalue weighted by Crippen LogP contribution is 2.36. The number of para-hydroxylation sites is 1. The number of primary sulfonamides is 1. The monoisotopic (exact) mass is 495 g/mol. The number of thiazole rings is 1. The lowest BCUT2D eigenvalue weighted by Gasteiger charge is -2.14. The zero-order valence-corrected chi connectivity index (χ0v) is 19.9. The first-order valence-electron chi connectivity index (χ1n) is 10.0. The Kier molecular flexibility index (Phi) is 6.64. The summed E-state index contributed by atoms with van der Waals surface area (Å²) in [5.41, 5.74) is 2.51. The quantitative estimate of drug-likeness (QED) is 0.392. The Labute approximate surface area is 201 Å². The second kappa shape index (κ2) is 9.64. The molecule has 3 N–H and O–H groups in total. The van der Waals surface area contributed by atoms with Gasteiger partial charge in [0.1, 0.15) is 10.6 Å². The van der Waals surface area contributed by atoms with Gasteiger partial charge in [0.25, 0.3) is 11.1 Å². The van der Waals surface area contributed by atoms with E-state index in [-0.39, 0.29) is 4.90 Å². The Balaban J connectivity index is 1.74. The fourth-order valence-electron chi connectivity index (χ4n) is 3.43. The lowest BCUT2D eigenvalue weighted by Crippen LogP contribution is -2.15. The molecular weight excluding hydrogens is 474 g/mol. The Morgan fingerprint density at radius 2 is 1.56 bits per heavy atom. The molecule has 0 saturated carbocycles.